The number of nitrogens with zero attached hydrogens (tertiary/aromatic N) is 7. The first-order valence-electron chi connectivity index (χ1n) is 13.2. The Labute approximate surface area is 221 Å². The second-order valence-electron chi connectivity index (χ2n) is 10.1. The Morgan fingerprint density at radius 2 is 1.71 bits per heavy atom. The molecule has 5 rings (SSSR count). The van der Waals surface area contributed by atoms with E-state index in [9.17, 15) is 8.78 Å². The van der Waals surface area contributed by atoms with Gasteiger partial charge in [-0.05, 0) is 58.0 Å². The molecular formula is C28H34F2N8. The molecule has 1 fully saturated rings. The second-order valence-corrected chi connectivity index (χ2v) is 10.1. The van der Waals surface area contributed by atoms with Crippen LogP contribution >= 0.6 is 0 Å². The highest BCUT2D eigenvalue weighted by molar-refractivity contribution is 5.83. The minimum atomic E-state index is -0.637. The number of aromatic nitrogens is 5. The first kappa shape index (κ1) is 26.1. The van der Waals surface area contributed by atoms with Gasteiger partial charge in [0.1, 0.15) is 22.9 Å². The zero-order valence-electron chi connectivity index (χ0n) is 22.5. The van der Waals surface area contributed by atoms with E-state index < -0.39 is 11.6 Å². The zero-order chi connectivity index (χ0) is 27.0. The average Bonchev–Trinajstić information content (AvgIpc) is 3.26. The van der Waals surface area contributed by atoms with Crippen molar-refractivity contribution >= 4 is 22.8 Å². The van der Waals surface area contributed by atoms with E-state index in [2.05, 4.69) is 48.9 Å². The van der Waals surface area contributed by atoms with Gasteiger partial charge < -0.3 is 14.8 Å². The van der Waals surface area contributed by atoms with Gasteiger partial charge in [0.15, 0.2) is 11.6 Å². The van der Waals surface area contributed by atoms with Crippen LogP contribution in [0, 0.1) is 18.6 Å². The SMILES string of the molecule is CCN1CCN([C@@H](C)c2ccc(Nc3ncc(F)c(-c4cc(F)c5nc(C)n(C(C)C)c5c4)n3)nc2)CC1. The van der Waals surface area contributed by atoms with Crippen LogP contribution in [0.25, 0.3) is 22.3 Å². The molecule has 1 atom stereocenters. The van der Waals surface area contributed by atoms with Crippen molar-refractivity contribution in [2.45, 2.75) is 46.7 Å². The number of halogens is 2. The van der Waals surface area contributed by atoms with Crippen molar-refractivity contribution in [1.29, 1.82) is 0 Å². The molecule has 38 heavy (non-hydrogen) atoms. The summed E-state index contributed by atoms with van der Waals surface area (Å²) >= 11 is 0. The largest absolute Gasteiger partial charge is 0.326 e. The summed E-state index contributed by atoms with van der Waals surface area (Å²) in [5, 5.41) is 3.05. The Kier molecular flexibility index (Phi) is 7.36. The van der Waals surface area contributed by atoms with Crippen molar-refractivity contribution in [3.8, 4) is 11.3 Å². The van der Waals surface area contributed by atoms with Gasteiger partial charge in [0, 0.05) is 50.0 Å². The summed E-state index contributed by atoms with van der Waals surface area (Å²) in [6.07, 6.45) is 2.94. The van der Waals surface area contributed by atoms with E-state index >= 15 is 0 Å². The van der Waals surface area contributed by atoms with E-state index in [1.807, 2.05) is 43.7 Å². The maximum absolute atomic E-state index is 15.0. The monoisotopic (exact) mass is 520 g/mol. The van der Waals surface area contributed by atoms with Crippen molar-refractivity contribution in [1.82, 2.24) is 34.3 Å². The molecule has 4 aromatic rings. The predicted octanol–water partition coefficient (Wildman–Crippen LogP) is 5.50. The fourth-order valence-electron chi connectivity index (χ4n) is 5.21. The molecular weight excluding hydrogens is 486 g/mol. The molecule has 0 radical (unpaired) electrons. The van der Waals surface area contributed by atoms with E-state index in [-0.39, 0.29) is 29.2 Å². The number of anilines is 2. The van der Waals surface area contributed by atoms with Gasteiger partial charge in [-0.3, -0.25) is 4.90 Å². The van der Waals surface area contributed by atoms with Gasteiger partial charge in [0.2, 0.25) is 5.95 Å². The molecule has 0 aliphatic carbocycles. The summed E-state index contributed by atoms with van der Waals surface area (Å²) in [7, 11) is 0. The van der Waals surface area contributed by atoms with E-state index in [1.54, 1.807) is 6.07 Å². The summed E-state index contributed by atoms with van der Waals surface area (Å²) in [6, 6.07) is 7.23. The lowest BCUT2D eigenvalue weighted by molar-refractivity contribution is 0.106. The smallest absolute Gasteiger partial charge is 0.229 e. The molecule has 1 aliphatic heterocycles. The summed E-state index contributed by atoms with van der Waals surface area (Å²) in [6.45, 7) is 15.5. The van der Waals surface area contributed by atoms with Crippen LogP contribution in [0.15, 0.2) is 36.7 Å². The fourth-order valence-corrected chi connectivity index (χ4v) is 5.21. The number of likely N-dealkylation sites (N-methyl/N-ethyl adjacent to an activating group) is 1. The van der Waals surface area contributed by atoms with Crippen LogP contribution in [0.5, 0.6) is 0 Å². The Morgan fingerprint density at radius 3 is 2.37 bits per heavy atom. The molecule has 1 saturated heterocycles. The second kappa shape index (κ2) is 10.7. The Balaban J connectivity index is 1.37. The first-order chi connectivity index (χ1) is 18.2. The average molecular weight is 521 g/mol. The number of hydrogen-bond donors (Lipinski definition) is 1. The zero-order valence-corrected chi connectivity index (χ0v) is 22.5. The molecule has 3 aromatic heterocycles. The third kappa shape index (κ3) is 5.10. The van der Waals surface area contributed by atoms with Gasteiger partial charge in [-0.15, -0.1) is 0 Å². The van der Waals surface area contributed by atoms with Gasteiger partial charge in [0.05, 0.1) is 11.7 Å². The normalized spacial score (nSPS) is 15.9. The number of piperazine rings is 1. The predicted molar refractivity (Wildman–Crippen MR) is 145 cm³/mol. The van der Waals surface area contributed by atoms with Crippen LogP contribution in [0.1, 0.15) is 51.2 Å². The van der Waals surface area contributed by atoms with Crippen LogP contribution < -0.4 is 5.32 Å². The molecule has 0 saturated carbocycles. The Bertz CT molecular complexity index is 1430. The van der Waals surface area contributed by atoms with Crippen molar-refractivity contribution in [2.24, 2.45) is 0 Å². The van der Waals surface area contributed by atoms with Gasteiger partial charge in [-0.1, -0.05) is 13.0 Å². The maximum Gasteiger partial charge on any atom is 0.229 e. The summed E-state index contributed by atoms with van der Waals surface area (Å²) in [5.74, 6) is 0.268. The fraction of sp³-hybridized carbons (Fsp3) is 0.429. The number of pyridine rings is 1. The molecule has 1 N–H and O–H groups in total. The number of rotatable bonds is 7. The van der Waals surface area contributed by atoms with Crippen molar-refractivity contribution < 1.29 is 8.78 Å². The molecule has 0 amide bonds. The van der Waals surface area contributed by atoms with Crippen LogP contribution in [-0.2, 0) is 0 Å². The lowest BCUT2D eigenvalue weighted by Crippen LogP contribution is -2.46. The van der Waals surface area contributed by atoms with E-state index in [1.165, 1.54) is 6.07 Å². The maximum atomic E-state index is 15.0. The van der Waals surface area contributed by atoms with Crippen molar-refractivity contribution in [2.75, 3.05) is 38.0 Å². The number of aryl methyl sites for hydroxylation is 1. The van der Waals surface area contributed by atoms with Crippen LogP contribution in [0.3, 0.4) is 0 Å². The molecule has 1 aromatic carbocycles. The Morgan fingerprint density at radius 1 is 0.947 bits per heavy atom. The lowest BCUT2D eigenvalue weighted by atomic mass is 10.1. The minimum absolute atomic E-state index is 0.00826. The molecule has 4 heterocycles. The van der Waals surface area contributed by atoms with Crippen molar-refractivity contribution in [3.63, 3.8) is 0 Å². The topological polar surface area (TPSA) is 75.0 Å². The first-order valence-corrected chi connectivity index (χ1v) is 13.2. The molecule has 0 spiro atoms. The summed E-state index contributed by atoms with van der Waals surface area (Å²) in [5.41, 5.74) is 2.32. The van der Waals surface area contributed by atoms with Crippen molar-refractivity contribution in [3.05, 3.63) is 59.7 Å². The van der Waals surface area contributed by atoms with Gasteiger partial charge >= 0.3 is 0 Å². The number of benzene rings is 1. The highest BCUT2D eigenvalue weighted by Gasteiger charge is 2.22. The molecule has 0 bridgehead atoms. The number of fused-ring (bicyclic) bond motifs is 1. The Hall–Kier alpha value is -3.50. The molecule has 8 nitrogen and oxygen atoms in total. The number of imidazole rings is 1. The third-order valence-corrected chi connectivity index (χ3v) is 7.37. The van der Waals surface area contributed by atoms with E-state index in [4.69, 9.17) is 0 Å². The van der Waals surface area contributed by atoms with Crippen LogP contribution in [0.2, 0.25) is 0 Å². The van der Waals surface area contributed by atoms with Gasteiger partial charge in [-0.25, -0.2) is 28.7 Å². The molecule has 200 valence electrons. The number of hydrogen-bond acceptors (Lipinski definition) is 7. The molecule has 1 aliphatic rings. The molecule has 10 heteroatoms. The lowest BCUT2D eigenvalue weighted by Gasteiger charge is -2.37. The van der Waals surface area contributed by atoms with Gasteiger partial charge in [0.25, 0.3) is 0 Å². The standard InChI is InChI=1S/C28H34F2N8/c1-6-36-9-11-37(12-10-36)18(4)20-7-8-25(31-15-20)34-28-32-16-23(30)26(35-28)21-13-22(29)27-24(14-21)38(17(2)3)19(5)33-27/h7-8,13-18H,6,9-12H2,1-5H3,(H,31,32,34,35)/t18-/m0/s1. The van der Waals surface area contributed by atoms with E-state index in [0.29, 0.717) is 22.7 Å². The van der Waals surface area contributed by atoms with E-state index in [0.717, 1.165) is 44.5 Å². The van der Waals surface area contributed by atoms with Gasteiger partial charge in [-0.2, -0.15) is 0 Å². The minimum Gasteiger partial charge on any atom is -0.326 e. The number of nitrogens with one attached hydrogen (secondary N) is 1. The summed E-state index contributed by atoms with van der Waals surface area (Å²) in [4.78, 5) is 22.3. The molecule has 0 unspecified atom stereocenters. The third-order valence-electron chi connectivity index (χ3n) is 7.37. The van der Waals surface area contributed by atoms with Crippen LogP contribution in [-0.4, -0.2) is 67.0 Å². The highest BCUT2D eigenvalue weighted by Crippen LogP contribution is 2.30. The quantitative estimate of drug-likeness (QED) is 0.345. The summed E-state index contributed by atoms with van der Waals surface area (Å²) < 4.78 is 31.7. The van der Waals surface area contributed by atoms with Crippen LogP contribution in [0.4, 0.5) is 20.5 Å². The highest BCUT2D eigenvalue weighted by atomic mass is 19.1.